The third-order valence-corrected chi connectivity index (χ3v) is 6.50. The van der Waals surface area contributed by atoms with Gasteiger partial charge in [-0.3, -0.25) is 4.79 Å². The Morgan fingerprint density at radius 3 is 2.65 bits per heavy atom. The van der Waals surface area contributed by atoms with E-state index in [1.165, 1.54) is 28.8 Å². The lowest BCUT2D eigenvalue weighted by molar-refractivity contribution is -0.274. The van der Waals surface area contributed by atoms with Crippen LogP contribution < -0.4 is 10.1 Å². The number of nitrogens with zero attached hydrogens (tertiary/aromatic N) is 3. The highest BCUT2D eigenvalue weighted by atomic mass is 32.2. The number of carbonyl (C=O) groups excluding carboxylic acids is 1. The van der Waals surface area contributed by atoms with Crippen LogP contribution in [0, 0.1) is 0 Å². The van der Waals surface area contributed by atoms with E-state index in [1.807, 2.05) is 11.4 Å². The molecule has 1 N–H and O–H groups in total. The van der Waals surface area contributed by atoms with Gasteiger partial charge in [0, 0.05) is 23.0 Å². The van der Waals surface area contributed by atoms with Crippen LogP contribution in [-0.4, -0.2) is 32.3 Å². The highest BCUT2D eigenvalue weighted by Gasteiger charge is 2.32. The van der Waals surface area contributed by atoms with E-state index >= 15 is 0 Å². The van der Waals surface area contributed by atoms with Crippen LogP contribution in [0.4, 0.5) is 18.9 Å². The summed E-state index contributed by atoms with van der Waals surface area (Å²) in [5.74, 6) is 0.267. The maximum Gasteiger partial charge on any atom is 0.573 e. The van der Waals surface area contributed by atoms with Gasteiger partial charge in [0.25, 0.3) is 0 Å². The zero-order chi connectivity index (χ0) is 22.0. The van der Waals surface area contributed by atoms with Crippen LogP contribution >= 0.6 is 23.1 Å². The molecule has 0 bridgehead atoms. The van der Waals surface area contributed by atoms with Gasteiger partial charge in [-0.2, -0.15) is 0 Å². The first-order valence-electron chi connectivity index (χ1n) is 9.58. The van der Waals surface area contributed by atoms with Crippen molar-refractivity contribution in [3.63, 3.8) is 0 Å². The Bertz CT molecular complexity index is 1030. The molecule has 31 heavy (non-hydrogen) atoms. The van der Waals surface area contributed by atoms with Crippen molar-refractivity contribution in [3.05, 3.63) is 52.5 Å². The molecule has 3 aromatic rings. The first kappa shape index (κ1) is 21.7. The van der Waals surface area contributed by atoms with Crippen molar-refractivity contribution in [2.45, 2.75) is 49.0 Å². The number of nitrogens with one attached hydrogen (secondary N) is 1. The number of amides is 1. The number of carbonyl (C=O) groups is 1. The van der Waals surface area contributed by atoms with Crippen LogP contribution in [0.15, 0.2) is 46.9 Å². The zero-order valence-corrected chi connectivity index (χ0v) is 18.1. The quantitative estimate of drug-likeness (QED) is 0.456. The van der Waals surface area contributed by atoms with Crippen LogP contribution in [0.1, 0.15) is 36.5 Å². The van der Waals surface area contributed by atoms with Crippen LogP contribution in [0.25, 0.3) is 0 Å². The molecule has 1 atom stereocenters. The number of hydrogen-bond acceptors (Lipinski definition) is 6. The molecule has 6 nitrogen and oxygen atoms in total. The Balaban J connectivity index is 1.39. The Hall–Kier alpha value is -2.53. The third kappa shape index (κ3) is 5.79. The highest BCUT2D eigenvalue weighted by Crippen LogP contribution is 2.40. The lowest BCUT2D eigenvalue weighted by Gasteiger charge is -2.14. The Morgan fingerprint density at radius 1 is 1.29 bits per heavy atom. The molecule has 1 fully saturated rings. The molecule has 0 radical (unpaired) electrons. The Morgan fingerprint density at radius 2 is 2.03 bits per heavy atom. The van der Waals surface area contributed by atoms with Crippen molar-refractivity contribution in [2.75, 3.05) is 5.32 Å². The zero-order valence-electron chi connectivity index (χ0n) is 16.4. The van der Waals surface area contributed by atoms with Crippen LogP contribution in [0.3, 0.4) is 0 Å². The second kappa shape index (κ2) is 8.91. The molecule has 4 rings (SSSR count). The van der Waals surface area contributed by atoms with E-state index in [4.69, 9.17) is 0 Å². The molecule has 0 saturated heterocycles. The number of aromatic nitrogens is 3. The van der Waals surface area contributed by atoms with E-state index in [1.54, 1.807) is 18.3 Å². The van der Waals surface area contributed by atoms with Gasteiger partial charge in [0.15, 0.2) is 5.16 Å². The monoisotopic (exact) mass is 468 g/mol. The smallest absolute Gasteiger partial charge is 0.406 e. The summed E-state index contributed by atoms with van der Waals surface area (Å²) in [5.41, 5.74) is 0.383. The topological polar surface area (TPSA) is 69.0 Å². The van der Waals surface area contributed by atoms with Crippen molar-refractivity contribution in [2.24, 2.45) is 0 Å². The number of anilines is 1. The minimum absolute atomic E-state index is 0.278. The number of thioether (sulfide) groups is 1. The minimum atomic E-state index is -4.75. The molecule has 1 unspecified atom stereocenters. The molecule has 164 valence electrons. The molecular weight excluding hydrogens is 449 g/mol. The molecule has 1 aromatic carbocycles. The number of alkyl halides is 3. The van der Waals surface area contributed by atoms with E-state index in [9.17, 15) is 18.0 Å². The van der Waals surface area contributed by atoms with Gasteiger partial charge in [0.05, 0.1) is 5.25 Å². The lowest BCUT2D eigenvalue weighted by Crippen LogP contribution is -2.23. The standard InChI is InChI=1S/C20H19F3N4O2S2/c1-12(18(28)24-13-4-8-15(9-5-13)29-20(21,22)23)31-19-26-25-17(27(19)14-6-7-14)11-16-3-2-10-30-16/h2-5,8-10,12,14H,6-7,11H2,1H3,(H,24,28). The molecule has 1 saturated carbocycles. The third-order valence-electron chi connectivity index (χ3n) is 4.57. The van der Waals surface area contributed by atoms with E-state index in [0.717, 1.165) is 30.8 Å². The van der Waals surface area contributed by atoms with Crippen molar-refractivity contribution in [1.29, 1.82) is 0 Å². The van der Waals surface area contributed by atoms with Gasteiger partial charge in [-0.25, -0.2) is 0 Å². The average Bonchev–Trinajstić information content (AvgIpc) is 3.26. The van der Waals surface area contributed by atoms with Gasteiger partial charge in [-0.15, -0.1) is 34.7 Å². The van der Waals surface area contributed by atoms with Gasteiger partial charge in [0.1, 0.15) is 11.6 Å². The molecule has 2 heterocycles. The summed E-state index contributed by atoms with van der Waals surface area (Å²) in [6.07, 6.45) is -1.92. The van der Waals surface area contributed by atoms with Crippen molar-refractivity contribution in [1.82, 2.24) is 14.8 Å². The fourth-order valence-corrected chi connectivity index (χ4v) is 4.61. The molecule has 1 aliphatic carbocycles. The summed E-state index contributed by atoms with van der Waals surface area (Å²) in [4.78, 5) is 13.8. The molecule has 0 spiro atoms. The Kier molecular flexibility index (Phi) is 6.24. The molecule has 1 amide bonds. The second-order valence-corrected chi connectivity index (χ2v) is 9.42. The summed E-state index contributed by atoms with van der Waals surface area (Å²) in [6.45, 7) is 1.76. The summed E-state index contributed by atoms with van der Waals surface area (Å²) >= 11 is 2.99. The Labute approximate surface area is 184 Å². The molecule has 0 aliphatic heterocycles. The summed E-state index contributed by atoms with van der Waals surface area (Å²) in [7, 11) is 0. The first-order chi connectivity index (χ1) is 14.8. The molecule has 2 aromatic heterocycles. The largest absolute Gasteiger partial charge is 0.573 e. The second-order valence-electron chi connectivity index (χ2n) is 7.08. The fraction of sp³-hybridized carbons (Fsp3) is 0.350. The van der Waals surface area contributed by atoms with Crippen molar-refractivity contribution < 1.29 is 22.7 Å². The van der Waals surface area contributed by atoms with Gasteiger partial charge >= 0.3 is 6.36 Å². The lowest BCUT2D eigenvalue weighted by atomic mass is 10.3. The average molecular weight is 469 g/mol. The van der Waals surface area contributed by atoms with E-state index in [0.29, 0.717) is 23.3 Å². The summed E-state index contributed by atoms with van der Waals surface area (Å²) < 4.78 is 42.7. The van der Waals surface area contributed by atoms with Crippen molar-refractivity contribution >= 4 is 34.7 Å². The molecule has 11 heteroatoms. The van der Waals surface area contributed by atoms with Crippen LogP contribution in [-0.2, 0) is 11.2 Å². The number of benzene rings is 1. The molecular formula is C20H19F3N4O2S2. The van der Waals surface area contributed by atoms with Gasteiger partial charge in [-0.05, 0) is 55.5 Å². The van der Waals surface area contributed by atoms with E-state index in [2.05, 4.69) is 30.9 Å². The maximum atomic E-state index is 12.6. The number of ether oxygens (including phenoxy) is 1. The predicted molar refractivity (Wildman–Crippen MR) is 112 cm³/mol. The minimum Gasteiger partial charge on any atom is -0.406 e. The van der Waals surface area contributed by atoms with Crippen LogP contribution in [0.2, 0.25) is 0 Å². The fourth-order valence-electron chi connectivity index (χ4n) is 2.97. The van der Waals surface area contributed by atoms with Gasteiger partial charge in [0.2, 0.25) is 5.91 Å². The predicted octanol–water partition coefficient (Wildman–Crippen LogP) is 5.28. The number of halogens is 3. The maximum absolute atomic E-state index is 12.6. The summed E-state index contributed by atoms with van der Waals surface area (Å²) in [5, 5.41) is 13.6. The van der Waals surface area contributed by atoms with E-state index < -0.39 is 11.6 Å². The van der Waals surface area contributed by atoms with Gasteiger partial charge < -0.3 is 14.6 Å². The molecule has 1 aliphatic rings. The normalized spacial score (nSPS) is 15.0. The summed E-state index contributed by atoms with van der Waals surface area (Å²) in [6, 6.07) is 9.46. The SMILES string of the molecule is CC(Sc1nnc(Cc2cccs2)n1C1CC1)C(=O)Nc1ccc(OC(F)(F)F)cc1. The van der Waals surface area contributed by atoms with E-state index in [-0.39, 0.29) is 11.7 Å². The number of thiophene rings is 1. The van der Waals surface area contributed by atoms with Crippen LogP contribution in [0.5, 0.6) is 5.75 Å². The van der Waals surface area contributed by atoms with Gasteiger partial charge in [-0.1, -0.05) is 17.8 Å². The number of hydrogen-bond donors (Lipinski definition) is 1. The number of rotatable bonds is 8. The highest BCUT2D eigenvalue weighted by molar-refractivity contribution is 8.00. The first-order valence-corrected chi connectivity index (χ1v) is 11.3. The van der Waals surface area contributed by atoms with Crippen molar-refractivity contribution in [3.8, 4) is 5.75 Å².